The molecule has 0 saturated carbocycles. The highest BCUT2D eigenvalue weighted by Crippen LogP contribution is 2.33. The molecule has 2 rings (SSSR count). The van der Waals surface area contributed by atoms with Gasteiger partial charge < -0.3 is 14.6 Å². The first-order valence-corrected chi connectivity index (χ1v) is 6.55. The van der Waals surface area contributed by atoms with E-state index in [9.17, 15) is 5.26 Å². The zero-order chi connectivity index (χ0) is 13.7. The fourth-order valence-corrected chi connectivity index (χ4v) is 2.45. The van der Waals surface area contributed by atoms with Gasteiger partial charge in [0.05, 0.1) is 19.8 Å². The molecule has 1 aromatic rings. The van der Waals surface area contributed by atoms with E-state index < -0.39 is 5.60 Å². The maximum absolute atomic E-state index is 9.42. The number of rotatable bonds is 5. The van der Waals surface area contributed by atoms with E-state index in [0.29, 0.717) is 25.9 Å². The molecule has 0 fully saturated rings. The topological polar surface area (TPSA) is 62.5 Å². The molecular weight excluding hydrogens is 242 g/mol. The molecule has 1 aliphatic rings. The van der Waals surface area contributed by atoms with Crippen molar-refractivity contribution in [1.29, 1.82) is 5.26 Å². The Balaban J connectivity index is 2.16. The second-order valence-electron chi connectivity index (χ2n) is 4.84. The predicted octanol–water partition coefficient (Wildman–Crippen LogP) is 1.85. The molecule has 1 unspecified atom stereocenters. The second-order valence-corrected chi connectivity index (χ2v) is 4.84. The smallest absolute Gasteiger partial charge is 0.158 e. The van der Waals surface area contributed by atoms with E-state index in [4.69, 9.17) is 14.6 Å². The van der Waals surface area contributed by atoms with Gasteiger partial charge in [-0.2, -0.15) is 5.26 Å². The van der Waals surface area contributed by atoms with Crippen LogP contribution in [-0.4, -0.2) is 31.0 Å². The van der Waals surface area contributed by atoms with E-state index >= 15 is 0 Å². The van der Waals surface area contributed by atoms with Crippen LogP contribution in [0.4, 0.5) is 0 Å². The number of hydrogen-bond acceptors (Lipinski definition) is 4. The minimum atomic E-state index is -0.755. The van der Waals surface area contributed by atoms with Crippen molar-refractivity contribution in [3.63, 3.8) is 0 Å². The number of aliphatic hydroxyl groups is 1. The Morgan fingerprint density at radius 2 is 2.26 bits per heavy atom. The molecule has 0 amide bonds. The van der Waals surface area contributed by atoms with Crippen LogP contribution in [0.15, 0.2) is 18.2 Å². The first-order chi connectivity index (χ1) is 9.23. The molecule has 1 aliphatic carbocycles. The average Bonchev–Trinajstić information content (AvgIpc) is 2.46. The maximum atomic E-state index is 9.42. The van der Waals surface area contributed by atoms with Gasteiger partial charge in [0.25, 0.3) is 0 Å². The predicted molar refractivity (Wildman–Crippen MR) is 71.0 cm³/mol. The summed E-state index contributed by atoms with van der Waals surface area (Å²) >= 11 is 0. The third kappa shape index (κ3) is 3.06. The lowest BCUT2D eigenvalue weighted by Gasteiger charge is -2.32. The van der Waals surface area contributed by atoms with Crippen LogP contribution in [0, 0.1) is 11.3 Å². The van der Waals surface area contributed by atoms with Crippen LogP contribution in [0.25, 0.3) is 0 Å². The maximum Gasteiger partial charge on any atom is 0.158 e. The Labute approximate surface area is 113 Å². The molecule has 102 valence electrons. The molecule has 1 atom stereocenters. The van der Waals surface area contributed by atoms with Crippen molar-refractivity contribution >= 4 is 0 Å². The number of nitrogens with zero attached hydrogens (tertiary/aromatic N) is 1. The van der Waals surface area contributed by atoms with E-state index in [-0.39, 0.29) is 6.61 Å². The normalized spacial score (nSPS) is 21.5. The highest BCUT2D eigenvalue weighted by molar-refractivity contribution is 5.40. The van der Waals surface area contributed by atoms with Crippen molar-refractivity contribution in [3.05, 3.63) is 29.3 Å². The molecule has 0 radical (unpaired) electrons. The summed E-state index contributed by atoms with van der Waals surface area (Å²) in [6.45, 7) is 0.509. The van der Waals surface area contributed by atoms with Crippen molar-refractivity contribution in [3.8, 4) is 11.8 Å². The van der Waals surface area contributed by atoms with Gasteiger partial charge in [-0.25, -0.2) is 0 Å². The van der Waals surface area contributed by atoms with Crippen molar-refractivity contribution < 1.29 is 14.6 Å². The summed E-state index contributed by atoms with van der Waals surface area (Å²) in [4.78, 5) is 0. The van der Waals surface area contributed by atoms with Crippen molar-refractivity contribution in [2.24, 2.45) is 0 Å². The minimum Gasteiger partial charge on any atom is -0.497 e. The molecule has 4 heteroatoms. The van der Waals surface area contributed by atoms with Gasteiger partial charge in [0.1, 0.15) is 5.75 Å². The Bertz CT molecular complexity index is 481. The second kappa shape index (κ2) is 6.05. The third-order valence-electron chi connectivity index (χ3n) is 3.57. The fourth-order valence-electron chi connectivity index (χ4n) is 2.45. The molecule has 0 saturated heterocycles. The van der Waals surface area contributed by atoms with Crippen LogP contribution in [-0.2, 0) is 17.6 Å². The molecule has 1 N–H and O–H groups in total. The first-order valence-electron chi connectivity index (χ1n) is 6.55. The Morgan fingerprint density at radius 1 is 1.42 bits per heavy atom. The number of methoxy groups -OCH3 is 1. The van der Waals surface area contributed by atoms with E-state index in [1.807, 2.05) is 12.1 Å². The van der Waals surface area contributed by atoms with Crippen LogP contribution in [0.5, 0.6) is 5.75 Å². The van der Waals surface area contributed by atoms with Gasteiger partial charge in [-0.05, 0) is 42.5 Å². The van der Waals surface area contributed by atoms with E-state index in [2.05, 4.69) is 12.1 Å². The summed E-state index contributed by atoms with van der Waals surface area (Å²) in [5.74, 6) is 0.808. The average molecular weight is 261 g/mol. The Morgan fingerprint density at radius 3 is 2.95 bits per heavy atom. The fraction of sp³-hybridized carbons (Fsp3) is 0.533. The molecule has 0 spiro atoms. The van der Waals surface area contributed by atoms with Crippen LogP contribution < -0.4 is 4.74 Å². The first kappa shape index (κ1) is 13.9. The number of nitriles is 1. The van der Waals surface area contributed by atoms with Gasteiger partial charge in [0, 0.05) is 13.0 Å². The van der Waals surface area contributed by atoms with Gasteiger partial charge in [0.15, 0.2) is 5.60 Å². The van der Waals surface area contributed by atoms with Gasteiger partial charge >= 0.3 is 0 Å². The van der Waals surface area contributed by atoms with Crippen molar-refractivity contribution in [2.75, 3.05) is 20.3 Å². The molecule has 1 aromatic carbocycles. The summed E-state index contributed by atoms with van der Waals surface area (Å²) in [6.07, 6.45) is 2.69. The van der Waals surface area contributed by atoms with E-state index in [0.717, 1.165) is 17.7 Å². The SMILES string of the molecule is COc1ccc2c(c1)CC(C#N)(OCCCO)CC2. The monoisotopic (exact) mass is 261 g/mol. The number of fused-ring (bicyclic) bond motifs is 1. The van der Waals surface area contributed by atoms with Gasteiger partial charge in [-0.3, -0.25) is 0 Å². The van der Waals surface area contributed by atoms with Gasteiger partial charge in [-0.15, -0.1) is 0 Å². The summed E-state index contributed by atoms with van der Waals surface area (Å²) < 4.78 is 11.0. The van der Waals surface area contributed by atoms with Crippen molar-refractivity contribution in [2.45, 2.75) is 31.3 Å². The third-order valence-corrected chi connectivity index (χ3v) is 3.57. The van der Waals surface area contributed by atoms with Crippen LogP contribution in [0.2, 0.25) is 0 Å². The quantitative estimate of drug-likeness (QED) is 0.822. The lowest BCUT2D eigenvalue weighted by Crippen LogP contribution is -2.38. The summed E-state index contributed by atoms with van der Waals surface area (Å²) in [5, 5.41) is 18.2. The summed E-state index contributed by atoms with van der Waals surface area (Å²) in [5.41, 5.74) is 1.63. The molecular formula is C15H19NO3. The molecule has 0 heterocycles. The number of ether oxygens (including phenoxy) is 2. The summed E-state index contributed by atoms with van der Waals surface area (Å²) in [7, 11) is 1.64. The largest absolute Gasteiger partial charge is 0.497 e. The van der Waals surface area contributed by atoms with E-state index in [1.165, 1.54) is 5.56 Å². The molecule has 19 heavy (non-hydrogen) atoms. The minimum absolute atomic E-state index is 0.0892. The van der Waals surface area contributed by atoms with Gasteiger partial charge in [0.2, 0.25) is 0 Å². The van der Waals surface area contributed by atoms with E-state index in [1.54, 1.807) is 7.11 Å². The lowest BCUT2D eigenvalue weighted by molar-refractivity contribution is -0.0173. The van der Waals surface area contributed by atoms with Crippen molar-refractivity contribution in [1.82, 2.24) is 0 Å². The molecule has 0 aliphatic heterocycles. The Hall–Kier alpha value is -1.57. The molecule has 0 aromatic heterocycles. The molecule has 0 bridgehead atoms. The zero-order valence-electron chi connectivity index (χ0n) is 11.2. The number of hydrogen-bond donors (Lipinski definition) is 1. The Kier molecular flexibility index (Phi) is 4.41. The standard InChI is InChI=1S/C15H19NO3/c1-18-14-4-3-12-5-6-15(11-16,10-13(12)9-14)19-8-2-7-17/h3-4,9,17H,2,5-8,10H2,1H3. The lowest BCUT2D eigenvalue weighted by atomic mass is 9.81. The number of benzene rings is 1. The summed E-state index contributed by atoms with van der Waals surface area (Å²) in [6, 6.07) is 8.30. The molecule has 4 nitrogen and oxygen atoms in total. The highest BCUT2D eigenvalue weighted by Gasteiger charge is 2.35. The van der Waals surface area contributed by atoms with Gasteiger partial charge in [-0.1, -0.05) is 6.07 Å². The number of aliphatic hydroxyl groups excluding tert-OH is 1. The highest BCUT2D eigenvalue weighted by atomic mass is 16.5. The van der Waals surface area contributed by atoms with Crippen LogP contribution in [0.3, 0.4) is 0 Å². The van der Waals surface area contributed by atoms with Crippen LogP contribution in [0.1, 0.15) is 24.0 Å². The number of aryl methyl sites for hydroxylation is 1. The zero-order valence-corrected chi connectivity index (χ0v) is 11.2. The van der Waals surface area contributed by atoms with Crippen LogP contribution >= 0.6 is 0 Å².